The monoisotopic (exact) mass is 371 g/mol. The highest BCUT2D eigenvalue weighted by Gasteiger charge is 2.27. The average molecular weight is 371 g/mol. The van der Waals surface area contributed by atoms with Crippen molar-refractivity contribution in [2.24, 2.45) is 0 Å². The number of benzene rings is 1. The van der Waals surface area contributed by atoms with Crippen molar-refractivity contribution in [3.05, 3.63) is 47.1 Å². The summed E-state index contributed by atoms with van der Waals surface area (Å²) < 4.78 is 21.0. The number of nitrogens with zero attached hydrogens (tertiary/aromatic N) is 2. The van der Waals surface area contributed by atoms with Crippen LogP contribution in [0.25, 0.3) is 11.0 Å². The van der Waals surface area contributed by atoms with Gasteiger partial charge in [-0.15, -0.1) is 0 Å². The number of furan rings is 1. The highest BCUT2D eigenvalue weighted by molar-refractivity contribution is 6.06. The highest BCUT2D eigenvalue weighted by Crippen LogP contribution is 2.30. The highest BCUT2D eigenvalue weighted by atomic mass is 19.1. The molecule has 1 amide bonds. The van der Waals surface area contributed by atoms with Crippen LogP contribution in [0.2, 0.25) is 0 Å². The molecule has 0 saturated carbocycles. The minimum atomic E-state index is -0.380. The first-order chi connectivity index (χ1) is 12.4. The zero-order valence-electron chi connectivity index (χ0n) is 16.9. The van der Waals surface area contributed by atoms with Crippen molar-refractivity contribution in [2.45, 2.75) is 59.4 Å². The molecule has 0 spiro atoms. The van der Waals surface area contributed by atoms with E-state index in [0.717, 1.165) is 5.69 Å². The van der Waals surface area contributed by atoms with Crippen LogP contribution in [0.4, 0.5) is 10.2 Å². The second-order valence-corrected chi connectivity index (χ2v) is 8.90. The average Bonchev–Trinajstić information content (AvgIpc) is 3.09. The summed E-state index contributed by atoms with van der Waals surface area (Å²) in [5.41, 5.74) is 1.52. The molecule has 2 heterocycles. The molecule has 27 heavy (non-hydrogen) atoms. The van der Waals surface area contributed by atoms with Crippen molar-refractivity contribution in [3.8, 4) is 0 Å². The summed E-state index contributed by atoms with van der Waals surface area (Å²) in [7, 11) is 0. The molecule has 5 nitrogen and oxygen atoms in total. The smallest absolute Gasteiger partial charge is 0.292 e. The molecule has 0 aliphatic rings. The van der Waals surface area contributed by atoms with Crippen LogP contribution >= 0.6 is 0 Å². The summed E-state index contributed by atoms with van der Waals surface area (Å²) in [6.45, 7) is 14.1. The summed E-state index contributed by atoms with van der Waals surface area (Å²) in [6.07, 6.45) is 0. The fourth-order valence-electron chi connectivity index (χ4n) is 2.93. The van der Waals surface area contributed by atoms with Crippen LogP contribution in [0.15, 0.2) is 28.7 Å². The molecule has 6 heteroatoms. The molecular weight excluding hydrogens is 345 g/mol. The van der Waals surface area contributed by atoms with Crippen molar-refractivity contribution in [2.75, 3.05) is 5.32 Å². The van der Waals surface area contributed by atoms with E-state index in [0.29, 0.717) is 22.4 Å². The molecular formula is C21H26FN3O2. The number of nitrogens with one attached hydrogen (secondary N) is 1. The van der Waals surface area contributed by atoms with E-state index in [1.54, 1.807) is 6.92 Å². The molecule has 0 aliphatic heterocycles. The lowest BCUT2D eigenvalue weighted by Crippen LogP contribution is -2.27. The summed E-state index contributed by atoms with van der Waals surface area (Å²) in [5, 5.41) is 8.21. The molecule has 0 aliphatic carbocycles. The third-order valence-electron chi connectivity index (χ3n) is 4.46. The fourth-order valence-corrected chi connectivity index (χ4v) is 2.93. The zero-order valence-corrected chi connectivity index (χ0v) is 16.9. The lowest BCUT2D eigenvalue weighted by atomic mass is 9.92. The normalized spacial score (nSPS) is 12.6. The second-order valence-electron chi connectivity index (χ2n) is 8.90. The number of fused-ring (bicyclic) bond motifs is 1. The van der Waals surface area contributed by atoms with Crippen molar-refractivity contribution in [1.29, 1.82) is 0 Å². The molecule has 3 rings (SSSR count). The molecule has 0 atom stereocenters. The molecule has 2 aromatic heterocycles. The number of aryl methyl sites for hydroxylation is 1. The van der Waals surface area contributed by atoms with Crippen molar-refractivity contribution < 1.29 is 13.6 Å². The lowest BCUT2D eigenvalue weighted by molar-refractivity contribution is 0.0996. The van der Waals surface area contributed by atoms with E-state index in [9.17, 15) is 9.18 Å². The third kappa shape index (κ3) is 3.61. The number of carbonyl (C=O) groups is 1. The Morgan fingerprint density at radius 2 is 1.81 bits per heavy atom. The Bertz CT molecular complexity index is 1020. The van der Waals surface area contributed by atoms with Crippen LogP contribution in [0.1, 0.15) is 63.4 Å². The Labute approximate surface area is 158 Å². The first-order valence-electron chi connectivity index (χ1n) is 8.99. The van der Waals surface area contributed by atoms with Gasteiger partial charge in [-0.3, -0.25) is 4.79 Å². The number of anilines is 1. The van der Waals surface area contributed by atoms with E-state index >= 15 is 0 Å². The number of hydrogen-bond acceptors (Lipinski definition) is 3. The minimum absolute atomic E-state index is 0.150. The third-order valence-corrected chi connectivity index (χ3v) is 4.46. The van der Waals surface area contributed by atoms with Crippen molar-refractivity contribution in [3.63, 3.8) is 0 Å². The summed E-state index contributed by atoms with van der Waals surface area (Å²) in [4.78, 5) is 12.9. The molecule has 1 N–H and O–H groups in total. The largest absolute Gasteiger partial charge is 0.451 e. The Morgan fingerprint density at radius 3 is 2.41 bits per heavy atom. The number of halogens is 1. The van der Waals surface area contributed by atoms with Crippen molar-refractivity contribution in [1.82, 2.24) is 9.78 Å². The van der Waals surface area contributed by atoms with Crippen molar-refractivity contribution >= 4 is 22.7 Å². The molecule has 0 fully saturated rings. The van der Waals surface area contributed by atoms with E-state index in [4.69, 9.17) is 9.52 Å². The fraction of sp³-hybridized carbons (Fsp3) is 0.429. The van der Waals surface area contributed by atoms with E-state index in [1.807, 2.05) is 31.5 Å². The Hall–Kier alpha value is -2.63. The van der Waals surface area contributed by atoms with E-state index in [-0.39, 0.29) is 28.4 Å². The van der Waals surface area contributed by atoms with Crippen LogP contribution < -0.4 is 5.32 Å². The maximum atomic E-state index is 13.5. The lowest BCUT2D eigenvalue weighted by Gasteiger charge is -2.22. The Kier molecular flexibility index (Phi) is 4.41. The minimum Gasteiger partial charge on any atom is -0.451 e. The molecule has 0 radical (unpaired) electrons. The topological polar surface area (TPSA) is 60.1 Å². The van der Waals surface area contributed by atoms with Crippen LogP contribution in [-0.2, 0) is 11.0 Å². The first-order valence-corrected chi connectivity index (χ1v) is 8.99. The van der Waals surface area contributed by atoms with Gasteiger partial charge in [-0.05, 0) is 45.9 Å². The van der Waals surface area contributed by atoms with Gasteiger partial charge in [0.1, 0.15) is 17.2 Å². The van der Waals surface area contributed by atoms with Crippen LogP contribution in [0, 0.1) is 12.7 Å². The van der Waals surface area contributed by atoms with Gasteiger partial charge in [0.15, 0.2) is 5.76 Å². The number of aromatic nitrogens is 2. The predicted octanol–water partition coefficient (Wildman–Crippen LogP) is 5.38. The van der Waals surface area contributed by atoms with Crippen LogP contribution in [0.5, 0.6) is 0 Å². The SMILES string of the molecule is Cc1c(C(=O)Nc2cc(C(C)(C)C)nn2C(C)(C)C)oc2ccc(F)cc12. The van der Waals surface area contributed by atoms with Gasteiger partial charge >= 0.3 is 0 Å². The number of rotatable bonds is 2. The van der Waals surface area contributed by atoms with Gasteiger partial charge in [-0.1, -0.05) is 20.8 Å². The van der Waals surface area contributed by atoms with Gasteiger partial charge in [0.25, 0.3) is 5.91 Å². The molecule has 3 aromatic rings. The maximum absolute atomic E-state index is 13.5. The van der Waals surface area contributed by atoms with Gasteiger partial charge in [-0.2, -0.15) is 5.10 Å². The standard InChI is InChI=1S/C21H26FN3O2/c1-12-14-10-13(22)8-9-15(14)27-18(12)19(26)23-17-11-16(20(2,3)4)24-25(17)21(5,6)7/h8-11H,1-7H3,(H,23,26). The van der Waals surface area contributed by atoms with Crippen LogP contribution in [0.3, 0.4) is 0 Å². The number of amides is 1. The number of hydrogen-bond donors (Lipinski definition) is 1. The summed E-state index contributed by atoms with van der Waals surface area (Å²) >= 11 is 0. The Morgan fingerprint density at radius 1 is 1.15 bits per heavy atom. The van der Waals surface area contributed by atoms with Gasteiger partial charge < -0.3 is 9.73 Å². The molecule has 1 aromatic carbocycles. The Balaban J connectivity index is 2.01. The quantitative estimate of drug-likeness (QED) is 0.658. The predicted molar refractivity (Wildman–Crippen MR) is 105 cm³/mol. The number of carbonyl (C=O) groups excluding carboxylic acids is 1. The zero-order chi connectivity index (χ0) is 20.1. The van der Waals surface area contributed by atoms with Crippen LogP contribution in [-0.4, -0.2) is 15.7 Å². The van der Waals surface area contributed by atoms with E-state index in [1.165, 1.54) is 18.2 Å². The van der Waals surface area contributed by atoms with E-state index < -0.39 is 0 Å². The second kappa shape index (κ2) is 6.22. The van der Waals surface area contributed by atoms with Gasteiger partial charge in [0.05, 0.1) is 11.2 Å². The van der Waals surface area contributed by atoms with Gasteiger partial charge in [0, 0.05) is 22.4 Å². The van der Waals surface area contributed by atoms with Gasteiger partial charge in [0.2, 0.25) is 0 Å². The molecule has 0 bridgehead atoms. The molecule has 0 saturated heterocycles. The molecule has 0 unspecified atom stereocenters. The summed E-state index contributed by atoms with van der Waals surface area (Å²) in [5.74, 6) is 0.0342. The summed E-state index contributed by atoms with van der Waals surface area (Å²) in [6, 6.07) is 6.12. The van der Waals surface area contributed by atoms with Gasteiger partial charge in [-0.25, -0.2) is 9.07 Å². The van der Waals surface area contributed by atoms with E-state index in [2.05, 4.69) is 26.1 Å². The first kappa shape index (κ1) is 19.1. The molecule has 144 valence electrons. The maximum Gasteiger partial charge on any atom is 0.292 e.